The number of carbonyl (C=O) groups is 1. The van der Waals surface area contributed by atoms with Crippen molar-refractivity contribution >= 4 is 35.0 Å². The number of halogens is 1. The summed E-state index contributed by atoms with van der Waals surface area (Å²) in [6.07, 6.45) is 0. The number of benzene rings is 2. The zero-order valence-corrected chi connectivity index (χ0v) is 18.2. The highest BCUT2D eigenvalue weighted by Crippen LogP contribution is 2.22. The first-order valence-electron chi connectivity index (χ1n) is 9.27. The molecule has 0 spiro atoms. The highest BCUT2D eigenvalue weighted by atomic mass is 35.5. The van der Waals surface area contributed by atoms with Crippen LogP contribution in [0.25, 0.3) is 0 Å². The second-order valence-corrected chi connectivity index (χ2v) is 7.85. The summed E-state index contributed by atoms with van der Waals surface area (Å²) in [5.41, 5.74) is 2.71. The van der Waals surface area contributed by atoms with Crippen LogP contribution in [0.15, 0.2) is 47.6 Å². The van der Waals surface area contributed by atoms with E-state index in [1.807, 2.05) is 61.7 Å². The number of ether oxygens (including phenoxy) is 1. The fraction of sp³-hybridized carbons (Fsp3) is 0.286. The van der Waals surface area contributed by atoms with E-state index in [-0.39, 0.29) is 11.7 Å². The van der Waals surface area contributed by atoms with Crippen LogP contribution in [0.5, 0.6) is 5.75 Å². The summed E-state index contributed by atoms with van der Waals surface area (Å²) in [6, 6.07) is 13.3. The molecule has 0 bridgehead atoms. The monoisotopic (exact) mass is 430 g/mol. The molecule has 2 aromatic carbocycles. The Hall–Kier alpha value is -2.51. The first kappa shape index (κ1) is 21.2. The summed E-state index contributed by atoms with van der Waals surface area (Å²) in [5.74, 6) is 1.65. The van der Waals surface area contributed by atoms with Crippen LogP contribution in [0, 0.1) is 13.8 Å². The van der Waals surface area contributed by atoms with Crippen LogP contribution in [-0.4, -0.2) is 26.4 Å². The predicted octanol–water partition coefficient (Wildman–Crippen LogP) is 4.88. The summed E-state index contributed by atoms with van der Waals surface area (Å²) in [6.45, 7) is 6.94. The lowest BCUT2D eigenvalue weighted by atomic mass is 10.2. The van der Waals surface area contributed by atoms with E-state index in [2.05, 4.69) is 15.5 Å². The van der Waals surface area contributed by atoms with Gasteiger partial charge in [0.1, 0.15) is 12.4 Å². The molecular weight excluding hydrogens is 408 g/mol. The quantitative estimate of drug-likeness (QED) is 0.516. The maximum Gasteiger partial charge on any atom is 0.234 e. The third-order valence-corrected chi connectivity index (χ3v) is 5.72. The number of rotatable bonds is 8. The van der Waals surface area contributed by atoms with Gasteiger partial charge < -0.3 is 14.6 Å². The van der Waals surface area contributed by atoms with Crippen molar-refractivity contribution in [3.05, 3.63) is 64.4 Å². The highest BCUT2D eigenvalue weighted by Gasteiger charge is 2.14. The van der Waals surface area contributed by atoms with Crippen molar-refractivity contribution in [3.63, 3.8) is 0 Å². The number of thioether (sulfide) groups is 1. The number of hydrogen-bond acceptors (Lipinski definition) is 5. The Morgan fingerprint density at radius 1 is 1.17 bits per heavy atom. The van der Waals surface area contributed by atoms with Gasteiger partial charge in [-0.2, -0.15) is 0 Å². The largest absolute Gasteiger partial charge is 0.485 e. The van der Waals surface area contributed by atoms with Gasteiger partial charge in [-0.1, -0.05) is 47.6 Å². The Morgan fingerprint density at radius 2 is 1.97 bits per heavy atom. The molecule has 0 saturated carbocycles. The SMILES string of the molecule is CCn1c(COc2ccccc2C)nnc1SCC(=O)Nc1ccc(C)c(Cl)c1. The van der Waals surface area contributed by atoms with E-state index < -0.39 is 0 Å². The molecule has 8 heteroatoms. The van der Waals surface area contributed by atoms with Gasteiger partial charge in [-0.15, -0.1) is 10.2 Å². The van der Waals surface area contributed by atoms with Crippen LogP contribution in [0.4, 0.5) is 5.69 Å². The van der Waals surface area contributed by atoms with Gasteiger partial charge in [0, 0.05) is 17.3 Å². The molecule has 29 heavy (non-hydrogen) atoms. The lowest BCUT2D eigenvalue weighted by Crippen LogP contribution is -2.15. The summed E-state index contributed by atoms with van der Waals surface area (Å²) < 4.78 is 7.84. The zero-order chi connectivity index (χ0) is 20.8. The van der Waals surface area contributed by atoms with Crippen LogP contribution in [0.3, 0.4) is 0 Å². The van der Waals surface area contributed by atoms with E-state index in [1.54, 1.807) is 6.07 Å². The van der Waals surface area contributed by atoms with Gasteiger partial charge in [0.05, 0.1) is 5.75 Å². The Bertz CT molecular complexity index is 1010. The average Bonchev–Trinajstić information content (AvgIpc) is 3.10. The van der Waals surface area contributed by atoms with Gasteiger partial charge in [0.15, 0.2) is 11.0 Å². The Labute approximate surface area is 179 Å². The molecule has 0 unspecified atom stereocenters. The molecule has 0 radical (unpaired) electrons. The normalized spacial score (nSPS) is 10.8. The maximum atomic E-state index is 12.3. The van der Waals surface area contributed by atoms with Crippen molar-refractivity contribution < 1.29 is 9.53 Å². The Kier molecular flexibility index (Phi) is 7.17. The summed E-state index contributed by atoms with van der Waals surface area (Å²) >= 11 is 7.45. The number of nitrogens with zero attached hydrogens (tertiary/aromatic N) is 3. The van der Waals surface area contributed by atoms with E-state index in [0.29, 0.717) is 29.0 Å². The third kappa shape index (κ3) is 5.52. The molecule has 1 N–H and O–H groups in total. The minimum absolute atomic E-state index is 0.127. The molecule has 1 aromatic heterocycles. The molecule has 6 nitrogen and oxygen atoms in total. The fourth-order valence-electron chi connectivity index (χ4n) is 2.71. The van der Waals surface area contributed by atoms with Crippen LogP contribution >= 0.6 is 23.4 Å². The van der Waals surface area contributed by atoms with Crippen LogP contribution < -0.4 is 10.1 Å². The number of nitrogens with one attached hydrogen (secondary N) is 1. The van der Waals surface area contributed by atoms with E-state index in [9.17, 15) is 4.79 Å². The van der Waals surface area contributed by atoms with E-state index in [0.717, 1.165) is 22.7 Å². The number of amides is 1. The van der Waals surface area contributed by atoms with Gasteiger partial charge in [0.2, 0.25) is 5.91 Å². The summed E-state index contributed by atoms with van der Waals surface area (Å²) in [4.78, 5) is 12.3. The number of anilines is 1. The van der Waals surface area contributed by atoms with Crippen molar-refractivity contribution in [1.29, 1.82) is 0 Å². The average molecular weight is 431 g/mol. The molecule has 152 valence electrons. The van der Waals surface area contributed by atoms with Crippen molar-refractivity contribution in [2.75, 3.05) is 11.1 Å². The molecule has 0 saturated heterocycles. The maximum absolute atomic E-state index is 12.3. The molecule has 0 aliphatic carbocycles. The van der Waals surface area contributed by atoms with Gasteiger partial charge in [-0.05, 0) is 50.1 Å². The zero-order valence-electron chi connectivity index (χ0n) is 16.6. The number of hydrogen-bond donors (Lipinski definition) is 1. The van der Waals surface area contributed by atoms with Crippen LogP contribution in [-0.2, 0) is 17.9 Å². The second-order valence-electron chi connectivity index (χ2n) is 6.50. The lowest BCUT2D eigenvalue weighted by Gasteiger charge is -2.10. The molecule has 3 aromatic rings. The number of aromatic nitrogens is 3. The van der Waals surface area contributed by atoms with Gasteiger partial charge >= 0.3 is 0 Å². The molecule has 1 heterocycles. The number of aryl methyl sites for hydroxylation is 2. The van der Waals surface area contributed by atoms with Gasteiger partial charge in [-0.3, -0.25) is 4.79 Å². The molecule has 0 atom stereocenters. The molecular formula is C21H23ClN4O2S. The number of para-hydroxylation sites is 1. The predicted molar refractivity (Wildman–Crippen MR) is 117 cm³/mol. The van der Waals surface area contributed by atoms with Gasteiger partial charge in [-0.25, -0.2) is 0 Å². The third-order valence-electron chi connectivity index (χ3n) is 4.35. The molecule has 0 fully saturated rings. The molecule has 0 aliphatic heterocycles. The Morgan fingerprint density at radius 3 is 2.69 bits per heavy atom. The first-order chi connectivity index (χ1) is 14.0. The van der Waals surface area contributed by atoms with E-state index in [4.69, 9.17) is 16.3 Å². The van der Waals surface area contributed by atoms with E-state index >= 15 is 0 Å². The smallest absolute Gasteiger partial charge is 0.234 e. The lowest BCUT2D eigenvalue weighted by molar-refractivity contribution is -0.113. The minimum atomic E-state index is -0.127. The minimum Gasteiger partial charge on any atom is -0.485 e. The van der Waals surface area contributed by atoms with Crippen LogP contribution in [0.2, 0.25) is 5.02 Å². The standard InChI is InChI=1S/C21H23ClN4O2S/c1-4-26-19(12-28-18-8-6-5-7-15(18)3)24-25-21(26)29-13-20(27)23-16-10-9-14(2)17(22)11-16/h5-11H,4,12-13H2,1-3H3,(H,23,27). The van der Waals surface area contributed by atoms with Crippen molar-refractivity contribution in [3.8, 4) is 5.75 Å². The summed E-state index contributed by atoms with van der Waals surface area (Å²) in [7, 11) is 0. The van der Waals surface area contributed by atoms with E-state index in [1.165, 1.54) is 11.8 Å². The molecule has 3 rings (SSSR count). The molecule has 1 amide bonds. The fourth-order valence-corrected chi connectivity index (χ4v) is 3.71. The second kappa shape index (κ2) is 9.80. The molecule has 0 aliphatic rings. The number of carbonyl (C=O) groups excluding carboxylic acids is 1. The van der Waals surface area contributed by atoms with Crippen molar-refractivity contribution in [2.45, 2.75) is 39.1 Å². The van der Waals surface area contributed by atoms with Crippen LogP contribution in [0.1, 0.15) is 23.9 Å². The summed E-state index contributed by atoms with van der Waals surface area (Å²) in [5, 5.41) is 12.6. The van der Waals surface area contributed by atoms with Crippen molar-refractivity contribution in [1.82, 2.24) is 14.8 Å². The van der Waals surface area contributed by atoms with Crippen molar-refractivity contribution in [2.24, 2.45) is 0 Å². The highest BCUT2D eigenvalue weighted by molar-refractivity contribution is 7.99. The topological polar surface area (TPSA) is 69.0 Å². The Balaban J connectivity index is 1.59. The first-order valence-corrected chi connectivity index (χ1v) is 10.6. The van der Waals surface area contributed by atoms with Gasteiger partial charge in [0.25, 0.3) is 0 Å².